The lowest BCUT2D eigenvalue weighted by Gasteiger charge is -2.03. The van der Waals surface area contributed by atoms with Gasteiger partial charge in [-0.1, -0.05) is 33.6 Å². The molecule has 0 saturated carbocycles. The number of hydrogen-bond acceptors (Lipinski definition) is 2. The highest BCUT2D eigenvalue weighted by molar-refractivity contribution is 5.75. The lowest BCUT2D eigenvalue weighted by molar-refractivity contribution is -0.137. The second-order valence-electron chi connectivity index (χ2n) is 3.30. The molecule has 0 unspecified atom stereocenters. The van der Waals surface area contributed by atoms with Crippen LogP contribution in [-0.4, -0.2) is 23.5 Å². The molecule has 0 atom stereocenters. The molecule has 0 radical (unpaired) electrons. The molecule has 0 aliphatic carbocycles. The van der Waals surface area contributed by atoms with Crippen LogP contribution >= 0.6 is 0 Å². The van der Waals surface area contributed by atoms with Gasteiger partial charge in [0.1, 0.15) is 0 Å². The molecular formula is C12H25NO3. The smallest absolute Gasteiger partial charge is 0.303 e. The summed E-state index contributed by atoms with van der Waals surface area (Å²) in [5, 5.41) is 11.0. The number of carbonyl (C=O) groups is 2. The van der Waals surface area contributed by atoms with Crippen LogP contribution in [0.1, 0.15) is 59.3 Å². The number of amides is 1. The molecule has 4 heteroatoms. The SMILES string of the molecule is CC.CCCCCC(=O)NCCCC(=O)O. The molecule has 0 bridgehead atoms. The zero-order chi connectivity index (χ0) is 12.8. The highest BCUT2D eigenvalue weighted by Gasteiger charge is 2.00. The van der Waals surface area contributed by atoms with E-state index < -0.39 is 5.97 Å². The molecule has 0 aromatic rings. The van der Waals surface area contributed by atoms with Gasteiger partial charge in [0.05, 0.1) is 0 Å². The topological polar surface area (TPSA) is 66.4 Å². The van der Waals surface area contributed by atoms with Gasteiger partial charge in [0, 0.05) is 19.4 Å². The average Bonchev–Trinajstić information content (AvgIpc) is 2.27. The zero-order valence-corrected chi connectivity index (χ0v) is 10.7. The summed E-state index contributed by atoms with van der Waals surface area (Å²) in [6.07, 6.45) is 4.28. The van der Waals surface area contributed by atoms with Gasteiger partial charge in [-0.2, -0.15) is 0 Å². The van der Waals surface area contributed by atoms with E-state index in [9.17, 15) is 9.59 Å². The van der Waals surface area contributed by atoms with E-state index in [2.05, 4.69) is 12.2 Å². The highest BCUT2D eigenvalue weighted by Crippen LogP contribution is 1.98. The number of nitrogens with one attached hydrogen (secondary N) is 1. The van der Waals surface area contributed by atoms with Crippen LogP contribution in [0.15, 0.2) is 0 Å². The van der Waals surface area contributed by atoms with Crippen molar-refractivity contribution in [2.24, 2.45) is 0 Å². The van der Waals surface area contributed by atoms with Gasteiger partial charge in [0.25, 0.3) is 0 Å². The van der Waals surface area contributed by atoms with Crippen molar-refractivity contribution < 1.29 is 14.7 Å². The molecule has 0 aromatic heterocycles. The van der Waals surface area contributed by atoms with Crippen molar-refractivity contribution >= 4 is 11.9 Å². The number of hydrogen-bond donors (Lipinski definition) is 2. The third-order valence-corrected chi connectivity index (χ3v) is 1.90. The van der Waals surface area contributed by atoms with Crippen LogP contribution in [0.5, 0.6) is 0 Å². The Bertz CT molecular complexity index is 181. The van der Waals surface area contributed by atoms with E-state index in [-0.39, 0.29) is 12.3 Å². The fraction of sp³-hybridized carbons (Fsp3) is 0.833. The summed E-state index contributed by atoms with van der Waals surface area (Å²) >= 11 is 0. The third kappa shape index (κ3) is 15.4. The first-order valence-corrected chi connectivity index (χ1v) is 6.15. The molecule has 0 aliphatic rings. The number of aliphatic carboxylic acids is 1. The van der Waals surface area contributed by atoms with Crippen LogP contribution in [0.4, 0.5) is 0 Å². The fourth-order valence-corrected chi connectivity index (χ4v) is 1.09. The van der Waals surface area contributed by atoms with Crippen LogP contribution in [-0.2, 0) is 9.59 Å². The summed E-state index contributed by atoms with van der Waals surface area (Å²) in [6.45, 7) is 6.56. The Morgan fingerprint density at radius 2 is 1.69 bits per heavy atom. The van der Waals surface area contributed by atoms with Crippen molar-refractivity contribution in [3.05, 3.63) is 0 Å². The lowest BCUT2D eigenvalue weighted by atomic mass is 10.2. The molecule has 0 aromatic carbocycles. The predicted molar refractivity (Wildman–Crippen MR) is 65.4 cm³/mol. The van der Waals surface area contributed by atoms with E-state index in [0.717, 1.165) is 19.3 Å². The second kappa shape index (κ2) is 13.9. The van der Waals surface area contributed by atoms with E-state index in [1.807, 2.05) is 13.8 Å². The molecule has 0 heterocycles. The molecule has 4 nitrogen and oxygen atoms in total. The van der Waals surface area contributed by atoms with E-state index in [0.29, 0.717) is 19.4 Å². The van der Waals surface area contributed by atoms with Crippen LogP contribution in [0.2, 0.25) is 0 Å². The first-order chi connectivity index (χ1) is 7.66. The van der Waals surface area contributed by atoms with Crippen LogP contribution in [0.25, 0.3) is 0 Å². The molecule has 0 spiro atoms. The van der Waals surface area contributed by atoms with Crippen LogP contribution in [0.3, 0.4) is 0 Å². The number of carbonyl (C=O) groups excluding carboxylic acids is 1. The monoisotopic (exact) mass is 231 g/mol. The van der Waals surface area contributed by atoms with Crippen molar-refractivity contribution in [1.29, 1.82) is 0 Å². The highest BCUT2D eigenvalue weighted by atomic mass is 16.4. The predicted octanol–water partition coefficient (Wildman–Crippen LogP) is 2.57. The molecule has 96 valence electrons. The van der Waals surface area contributed by atoms with E-state index >= 15 is 0 Å². The van der Waals surface area contributed by atoms with Crippen molar-refractivity contribution in [2.45, 2.75) is 59.3 Å². The van der Waals surface area contributed by atoms with Gasteiger partial charge in [-0.3, -0.25) is 9.59 Å². The van der Waals surface area contributed by atoms with Gasteiger partial charge in [-0.05, 0) is 12.8 Å². The number of carboxylic acid groups (broad SMARTS) is 1. The van der Waals surface area contributed by atoms with Gasteiger partial charge in [-0.25, -0.2) is 0 Å². The maximum atomic E-state index is 11.1. The Morgan fingerprint density at radius 1 is 1.06 bits per heavy atom. The Kier molecular flexibility index (Phi) is 15.1. The fourth-order valence-electron chi connectivity index (χ4n) is 1.09. The lowest BCUT2D eigenvalue weighted by Crippen LogP contribution is -2.24. The molecule has 0 aliphatic heterocycles. The number of rotatable bonds is 8. The second-order valence-corrected chi connectivity index (χ2v) is 3.30. The normalized spacial score (nSPS) is 8.94. The Morgan fingerprint density at radius 3 is 2.19 bits per heavy atom. The summed E-state index contributed by atoms with van der Waals surface area (Å²) in [5.74, 6) is -0.783. The molecule has 16 heavy (non-hydrogen) atoms. The summed E-state index contributed by atoms with van der Waals surface area (Å²) in [7, 11) is 0. The Hall–Kier alpha value is -1.06. The molecule has 1 amide bonds. The van der Waals surface area contributed by atoms with Gasteiger partial charge >= 0.3 is 5.97 Å². The molecule has 2 N–H and O–H groups in total. The molecular weight excluding hydrogens is 206 g/mol. The summed E-state index contributed by atoms with van der Waals surface area (Å²) in [6, 6.07) is 0. The molecule has 0 rings (SSSR count). The minimum absolute atomic E-state index is 0.0313. The molecule has 0 saturated heterocycles. The minimum atomic E-state index is -0.815. The summed E-state index contributed by atoms with van der Waals surface area (Å²) in [5.41, 5.74) is 0. The van der Waals surface area contributed by atoms with Crippen LogP contribution in [0, 0.1) is 0 Å². The van der Waals surface area contributed by atoms with Gasteiger partial charge < -0.3 is 10.4 Å². The van der Waals surface area contributed by atoms with Crippen molar-refractivity contribution in [3.8, 4) is 0 Å². The first-order valence-electron chi connectivity index (χ1n) is 6.15. The minimum Gasteiger partial charge on any atom is -0.481 e. The van der Waals surface area contributed by atoms with Gasteiger partial charge in [-0.15, -0.1) is 0 Å². The average molecular weight is 231 g/mol. The first kappa shape index (κ1) is 17.3. The maximum absolute atomic E-state index is 11.1. The van der Waals surface area contributed by atoms with Gasteiger partial charge in [0.15, 0.2) is 0 Å². The Balaban J connectivity index is 0. The quantitative estimate of drug-likeness (QED) is 0.631. The van der Waals surface area contributed by atoms with E-state index in [1.165, 1.54) is 0 Å². The number of carboxylic acids is 1. The largest absolute Gasteiger partial charge is 0.481 e. The zero-order valence-electron chi connectivity index (χ0n) is 10.7. The van der Waals surface area contributed by atoms with Crippen molar-refractivity contribution in [3.63, 3.8) is 0 Å². The van der Waals surface area contributed by atoms with E-state index in [4.69, 9.17) is 5.11 Å². The van der Waals surface area contributed by atoms with E-state index in [1.54, 1.807) is 0 Å². The molecule has 0 fully saturated rings. The standard InChI is InChI=1S/C10H19NO3.C2H6/c1-2-3-4-6-9(12)11-8-5-7-10(13)14;1-2/h2-8H2,1H3,(H,11,12)(H,13,14);1-2H3. The van der Waals surface area contributed by atoms with Crippen molar-refractivity contribution in [2.75, 3.05) is 6.54 Å². The summed E-state index contributed by atoms with van der Waals surface area (Å²) in [4.78, 5) is 21.2. The third-order valence-electron chi connectivity index (χ3n) is 1.90. The maximum Gasteiger partial charge on any atom is 0.303 e. The van der Waals surface area contributed by atoms with Crippen molar-refractivity contribution in [1.82, 2.24) is 5.32 Å². The van der Waals surface area contributed by atoms with Gasteiger partial charge in [0.2, 0.25) is 5.91 Å². The summed E-state index contributed by atoms with van der Waals surface area (Å²) < 4.78 is 0. The Labute approximate surface area is 98.4 Å². The number of unbranched alkanes of at least 4 members (excludes halogenated alkanes) is 2. The van der Waals surface area contributed by atoms with Crippen LogP contribution < -0.4 is 5.32 Å².